The van der Waals surface area contributed by atoms with E-state index in [0.717, 1.165) is 37.0 Å². The van der Waals surface area contributed by atoms with E-state index >= 15 is 0 Å². The maximum absolute atomic E-state index is 10.8. The summed E-state index contributed by atoms with van der Waals surface area (Å²) in [5.74, 6) is 0.887. The molecule has 152 valence electrons. The molecule has 4 aromatic rings. The zero-order valence-electron chi connectivity index (χ0n) is 17.4. The summed E-state index contributed by atoms with van der Waals surface area (Å²) in [4.78, 5) is 10.8. The highest BCUT2D eigenvalue weighted by atomic mass is 16.5. The molecule has 30 heavy (non-hydrogen) atoms. The minimum Gasteiger partial charge on any atom is -0.494 e. The van der Waals surface area contributed by atoms with Crippen molar-refractivity contribution in [2.45, 2.75) is 32.6 Å². The van der Waals surface area contributed by atoms with Crippen LogP contribution in [-0.2, 0) is 24.1 Å². The fourth-order valence-corrected chi connectivity index (χ4v) is 3.93. The van der Waals surface area contributed by atoms with Crippen LogP contribution in [-0.4, -0.2) is 17.5 Å². The quantitative estimate of drug-likeness (QED) is 0.327. The lowest BCUT2D eigenvalue weighted by Gasteiger charge is -2.08. The summed E-state index contributed by atoms with van der Waals surface area (Å²) in [5, 5.41) is 1.27. The van der Waals surface area contributed by atoms with Gasteiger partial charge in [0.05, 0.1) is 12.1 Å². The van der Waals surface area contributed by atoms with Gasteiger partial charge >= 0.3 is 0 Å². The Hall–Kier alpha value is -3.33. The molecule has 1 heterocycles. The van der Waals surface area contributed by atoms with Crippen LogP contribution in [0.4, 0.5) is 0 Å². The van der Waals surface area contributed by atoms with E-state index in [-0.39, 0.29) is 0 Å². The molecule has 0 atom stereocenters. The number of ether oxygens (including phenoxy) is 1. The minimum absolute atomic E-state index is 0.560. The van der Waals surface area contributed by atoms with Crippen molar-refractivity contribution in [3.05, 3.63) is 95.7 Å². The first-order valence-corrected chi connectivity index (χ1v) is 10.6. The highest BCUT2D eigenvalue weighted by Gasteiger charge is 2.11. The highest BCUT2D eigenvalue weighted by molar-refractivity contribution is 5.86. The molecule has 3 heteroatoms. The van der Waals surface area contributed by atoms with Gasteiger partial charge in [-0.15, -0.1) is 0 Å². The van der Waals surface area contributed by atoms with Gasteiger partial charge in [-0.05, 0) is 79.3 Å². The Morgan fingerprint density at radius 2 is 1.67 bits per heavy atom. The largest absolute Gasteiger partial charge is 0.494 e. The molecular weight excluding hydrogens is 370 g/mol. The average Bonchev–Trinajstić information content (AvgIpc) is 3.15. The molecule has 0 fully saturated rings. The maximum atomic E-state index is 10.8. The predicted molar refractivity (Wildman–Crippen MR) is 123 cm³/mol. The van der Waals surface area contributed by atoms with Crippen molar-refractivity contribution in [1.82, 2.24) is 4.57 Å². The molecule has 3 aromatic carbocycles. The molecule has 0 saturated carbocycles. The van der Waals surface area contributed by atoms with Gasteiger partial charge in [0.25, 0.3) is 0 Å². The van der Waals surface area contributed by atoms with Gasteiger partial charge in [0.15, 0.2) is 0 Å². The second-order valence-electron chi connectivity index (χ2n) is 7.49. The van der Waals surface area contributed by atoms with Gasteiger partial charge in [-0.25, -0.2) is 0 Å². The normalized spacial score (nSPS) is 11.0. The fraction of sp³-hybridized carbons (Fsp3) is 0.222. The van der Waals surface area contributed by atoms with Crippen LogP contribution in [0.3, 0.4) is 0 Å². The number of carbonyl (C=O) groups is 1. The topological polar surface area (TPSA) is 31.2 Å². The third-order valence-electron chi connectivity index (χ3n) is 5.45. The molecule has 0 aliphatic heterocycles. The van der Waals surface area contributed by atoms with Crippen LogP contribution in [0.5, 0.6) is 5.75 Å². The number of fused-ring (bicyclic) bond motifs is 1. The van der Waals surface area contributed by atoms with E-state index in [1.165, 1.54) is 27.6 Å². The lowest BCUT2D eigenvalue weighted by molar-refractivity contribution is -0.107. The van der Waals surface area contributed by atoms with E-state index < -0.39 is 0 Å². The molecule has 0 bridgehead atoms. The Labute approximate surface area is 177 Å². The summed E-state index contributed by atoms with van der Waals surface area (Å²) in [6, 6.07) is 25.4. The Morgan fingerprint density at radius 3 is 2.40 bits per heavy atom. The third kappa shape index (κ3) is 4.46. The molecule has 0 aliphatic carbocycles. The van der Waals surface area contributed by atoms with Crippen LogP contribution in [0.15, 0.2) is 79.0 Å². The summed E-state index contributed by atoms with van der Waals surface area (Å²) in [7, 11) is 0. The van der Waals surface area contributed by atoms with Gasteiger partial charge in [0.2, 0.25) is 0 Å². The zero-order valence-corrected chi connectivity index (χ0v) is 17.4. The van der Waals surface area contributed by atoms with Crippen LogP contribution in [0.1, 0.15) is 30.0 Å². The van der Waals surface area contributed by atoms with Crippen molar-refractivity contribution >= 4 is 17.2 Å². The van der Waals surface area contributed by atoms with E-state index in [0.29, 0.717) is 13.0 Å². The van der Waals surface area contributed by atoms with Crippen LogP contribution in [0, 0.1) is 0 Å². The van der Waals surface area contributed by atoms with Gasteiger partial charge < -0.3 is 14.1 Å². The van der Waals surface area contributed by atoms with Crippen molar-refractivity contribution in [3.63, 3.8) is 0 Å². The van der Waals surface area contributed by atoms with Gasteiger partial charge in [0, 0.05) is 23.7 Å². The van der Waals surface area contributed by atoms with Crippen molar-refractivity contribution < 1.29 is 9.53 Å². The summed E-state index contributed by atoms with van der Waals surface area (Å²) in [6.07, 6.45) is 6.57. The molecule has 3 nitrogen and oxygen atoms in total. The number of aryl methyl sites for hydroxylation is 3. The van der Waals surface area contributed by atoms with Crippen LogP contribution in [0.2, 0.25) is 0 Å². The summed E-state index contributed by atoms with van der Waals surface area (Å²) in [6.45, 7) is 2.66. The van der Waals surface area contributed by atoms with E-state index in [2.05, 4.69) is 71.4 Å². The predicted octanol–water partition coefficient (Wildman–Crippen LogP) is 5.95. The first-order valence-electron chi connectivity index (χ1n) is 10.6. The van der Waals surface area contributed by atoms with E-state index in [1.807, 2.05) is 19.1 Å². The average molecular weight is 398 g/mol. The molecule has 0 radical (unpaired) electrons. The lowest BCUT2D eigenvalue weighted by Crippen LogP contribution is -1.94. The molecule has 0 saturated heterocycles. The van der Waals surface area contributed by atoms with Gasteiger partial charge in [0.1, 0.15) is 12.0 Å². The summed E-state index contributed by atoms with van der Waals surface area (Å²) >= 11 is 0. The van der Waals surface area contributed by atoms with Crippen molar-refractivity contribution in [1.29, 1.82) is 0 Å². The van der Waals surface area contributed by atoms with Crippen LogP contribution < -0.4 is 4.74 Å². The number of aldehydes is 1. The first kappa shape index (κ1) is 20.0. The number of rotatable bonds is 9. The maximum Gasteiger partial charge on any atom is 0.120 e. The summed E-state index contributed by atoms with van der Waals surface area (Å²) in [5.41, 5.74) is 6.19. The summed E-state index contributed by atoms with van der Waals surface area (Å²) < 4.78 is 7.85. The highest BCUT2D eigenvalue weighted by Crippen LogP contribution is 2.28. The molecule has 1 aromatic heterocycles. The van der Waals surface area contributed by atoms with E-state index in [1.54, 1.807) is 0 Å². The number of aromatic nitrogens is 1. The minimum atomic E-state index is 0.560. The SMILES string of the molecule is CCOc1ccc(-n2cc(CCc3ccccc3)c3cc(CCC=O)ccc32)cc1. The fourth-order valence-electron chi connectivity index (χ4n) is 3.93. The van der Waals surface area contributed by atoms with E-state index in [9.17, 15) is 4.79 Å². The number of carbonyl (C=O) groups excluding carboxylic acids is 1. The number of hydrogen-bond acceptors (Lipinski definition) is 2. The number of hydrogen-bond donors (Lipinski definition) is 0. The second kappa shape index (κ2) is 9.45. The monoisotopic (exact) mass is 397 g/mol. The van der Waals surface area contributed by atoms with Crippen molar-refractivity contribution in [2.75, 3.05) is 6.61 Å². The van der Waals surface area contributed by atoms with Gasteiger partial charge in [-0.3, -0.25) is 0 Å². The Balaban J connectivity index is 1.71. The molecule has 0 spiro atoms. The Morgan fingerprint density at radius 1 is 0.867 bits per heavy atom. The lowest BCUT2D eigenvalue weighted by atomic mass is 10.0. The van der Waals surface area contributed by atoms with Crippen LogP contribution >= 0.6 is 0 Å². The third-order valence-corrected chi connectivity index (χ3v) is 5.45. The zero-order chi connectivity index (χ0) is 20.8. The molecular formula is C27H27NO2. The molecule has 0 aliphatic rings. The van der Waals surface area contributed by atoms with E-state index in [4.69, 9.17) is 4.74 Å². The number of benzene rings is 3. The molecule has 0 amide bonds. The number of nitrogens with zero attached hydrogens (tertiary/aromatic N) is 1. The Bertz CT molecular complexity index is 1110. The second-order valence-corrected chi connectivity index (χ2v) is 7.49. The van der Waals surface area contributed by atoms with Crippen LogP contribution in [0.25, 0.3) is 16.6 Å². The van der Waals surface area contributed by atoms with Gasteiger partial charge in [-0.1, -0.05) is 36.4 Å². The van der Waals surface area contributed by atoms with Crippen molar-refractivity contribution in [3.8, 4) is 11.4 Å². The first-order chi connectivity index (χ1) is 14.8. The van der Waals surface area contributed by atoms with Gasteiger partial charge in [-0.2, -0.15) is 0 Å². The molecule has 0 unspecified atom stereocenters. The Kier molecular flexibility index (Phi) is 6.29. The van der Waals surface area contributed by atoms with Crippen molar-refractivity contribution in [2.24, 2.45) is 0 Å². The smallest absolute Gasteiger partial charge is 0.120 e. The molecule has 4 rings (SSSR count). The standard InChI is InChI=1S/C27H27NO2/c1-2-30-25-15-13-24(14-16-25)28-20-23(12-10-21-7-4-3-5-8-21)26-19-22(9-6-18-29)11-17-27(26)28/h3-5,7-8,11,13-20H,2,6,9-10,12H2,1H3. The molecule has 0 N–H and O–H groups in total.